The topological polar surface area (TPSA) is 6.48 Å². The number of hydrogen-bond acceptors (Lipinski definition) is 2. The van der Waals surface area contributed by atoms with E-state index >= 15 is 0 Å². The summed E-state index contributed by atoms with van der Waals surface area (Å²) in [6.45, 7) is 11.5. The van der Waals surface area contributed by atoms with Crippen molar-refractivity contribution in [3.05, 3.63) is 204 Å². The Hall–Kier alpha value is -6.12. The quantitative estimate of drug-likeness (QED) is 0.147. The highest BCUT2D eigenvalue weighted by Crippen LogP contribution is 2.51. The Kier molecular flexibility index (Phi) is 8.84. The number of rotatable bonds is 8. The van der Waals surface area contributed by atoms with Crippen LogP contribution in [0.5, 0.6) is 0 Å². The largest absolute Gasteiger partial charge is 0.311 e. The van der Waals surface area contributed by atoms with E-state index in [0.717, 1.165) is 28.4 Å². The fourth-order valence-corrected chi connectivity index (χ4v) is 7.65. The molecule has 0 aliphatic heterocycles. The molecule has 0 saturated heterocycles. The first-order valence-electron chi connectivity index (χ1n) is 18.6. The van der Waals surface area contributed by atoms with Gasteiger partial charge in [-0.1, -0.05) is 150 Å². The molecular weight excluding hydrogens is 641 g/mol. The molecule has 53 heavy (non-hydrogen) atoms. The molecule has 0 fully saturated rings. The first kappa shape index (κ1) is 34.0. The molecule has 0 heterocycles. The molecule has 0 unspecified atom stereocenters. The van der Waals surface area contributed by atoms with E-state index in [1.807, 2.05) is 0 Å². The maximum atomic E-state index is 2.39. The van der Waals surface area contributed by atoms with E-state index in [2.05, 4.69) is 232 Å². The lowest BCUT2D eigenvalue weighted by molar-refractivity contribution is 0.590. The SMILES string of the molecule is CC(C)(C)c1ccc(N(c2ccccc2)c2ccc(/C=C/c3ccc4c(c3)C(C)(C)c3cc(N(c5ccccc5)c5ccccc5)ccc3-4)cc2)cc1. The van der Waals surface area contributed by atoms with Gasteiger partial charge < -0.3 is 9.80 Å². The summed E-state index contributed by atoms with van der Waals surface area (Å²) in [5.74, 6) is 0. The van der Waals surface area contributed by atoms with E-state index in [1.54, 1.807) is 0 Å². The third-order valence-electron chi connectivity index (χ3n) is 10.6. The van der Waals surface area contributed by atoms with Gasteiger partial charge in [-0.15, -0.1) is 0 Å². The molecule has 0 radical (unpaired) electrons. The fourth-order valence-electron chi connectivity index (χ4n) is 7.65. The Balaban J connectivity index is 1.06. The normalized spacial score (nSPS) is 13.1. The van der Waals surface area contributed by atoms with Crippen molar-refractivity contribution in [2.45, 2.75) is 45.4 Å². The van der Waals surface area contributed by atoms with Crippen molar-refractivity contribution >= 4 is 46.3 Å². The van der Waals surface area contributed by atoms with Gasteiger partial charge in [-0.05, 0) is 117 Å². The molecule has 1 aliphatic carbocycles. The fraction of sp³-hybridized carbons (Fsp3) is 0.137. The van der Waals surface area contributed by atoms with Crippen molar-refractivity contribution in [1.82, 2.24) is 0 Å². The lowest BCUT2D eigenvalue weighted by Crippen LogP contribution is -2.16. The van der Waals surface area contributed by atoms with Crippen molar-refractivity contribution in [3.63, 3.8) is 0 Å². The van der Waals surface area contributed by atoms with Gasteiger partial charge in [0.1, 0.15) is 0 Å². The highest BCUT2D eigenvalue weighted by Gasteiger charge is 2.36. The monoisotopic (exact) mass is 686 g/mol. The summed E-state index contributed by atoms with van der Waals surface area (Å²) < 4.78 is 0. The van der Waals surface area contributed by atoms with Crippen LogP contribution in [-0.4, -0.2) is 0 Å². The standard InChI is InChI=1S/C51H46N2/c1-50(2,3)39-26-30-44(31-27-39)52(40-15-9-6-10-16-40)43-28-23-37(24-29-43)21-22-38-25-33-46-47-34-32-45(36-49(47)51(4,5)48(46)35-38)53(41-17-11-7-12-18-41)42-19-13-8-14-20-42/h6-36H,1-5H3/b22-21+. The second-order valence-electron chi connectivity index (χ2n) is 15.6. The third kappa shape index (κ3) is 6.69. The van der Waals surface area contributed by atoms with Crippen LogP contribution in [0.2, 0.25) is 0 Å². The number of hydrogen-bond donors (Lipinski definition) is 0. The van der Waals surface area contributed by atoms with Crippen molar-refractivity contribution in [2.75, 3.05) is 9.80 Å². The third-order valence-corrected chi connectivity index (χ3v) is 10.6. The molecule has 7 aromatic rings. The minimum Gasteiger partial charge on any atom is -0.311 e. The second-order valence-corrected chi connectivity index (χ2v) is 15.6. The van der Waals surface area contributed by atoms with Crippen LogP contribution in [-0.2, 0) is 10.8 Å². The van der Waals surface area contributed by atoms with Crippen molar-refractivity contribution in [3.8, 4) is 11.1 Å². The lowest BCUT2D eigenvalue weighted by Gasteiger charge is -2.28. The van der Waals surface area contributed by atoms with Crippen molar-refractivity contribution < 1.29 is 0 Å². The van der Waals surface area contributed by atoms with E-state index in [-0.39, 0.29) is 10.8 Å². The van der Waals surface area contributed by atoms with Crippen LogP contribution in [0.15, 0.2) is 176 Å². The number of para-hydroxylation sites is 3. The Morgan fingerprint density at radius 3 is 1.28 bits per heavy atom. The van der Waals surface area contributed by atoms with Crippen LogP contribution < -0.4 is 9.80 Å². The Morgan fingerprint density at radius 2 is 0.774 bits per heavy atom. The van der Waals surface area contributed by atoms with Crippen LogP contribution in [0, 0.1) is 0 Å². The molecule has 8 rings (SSSR count). The van der Waals surface area contributed by atoms with E-state index in [0.29, 0.717) is 0 Å². The van der Waals surface area contributed by atoms with Crippen molar-refractivity contribution in [2.24, 2.45) is 0 Å². The Labute approximate surface area is 315 Å². The predicted octanol–water partition coefficient (Wildman–Crippen LogP) is 14.4. The predicted molar refractivity (Wildman–Crippen MR) is 227 cm³/mol. The average molecular weight is 687 g/mol. The average Bonchev–Trinajstić information content (AvgIpc) is 3.41. The molecule has 2 heteroatoms. The number of fused-ring (bicyclic) bond motifs is 3. The highest BCUT2D eigenvalue weighted by atomic mass is 15.1. The smallest absolute Gasteiger partial charge is 0.0465 e. The molecule has 0 aromatic heterocycles. The van der Waals surface area contributed by atoms with E-state index in [9.17, 15) is 0 Å². The van der Waals surface area contributed by atoms with Crippen LogP contribution in [0.4, 0.5) is 34.1 Å². The molecule has 0 amide bonds. The zero-order valence-electron chi connectivity index (χ0n) is 31.3. The van der Waals surface area contributed by atoms with Crippen LogP contribution in [0.25, 0.3) is 23.3 Å². The van der Waals surface area contributed by atoms with Gasteiger partial charge in [-0.2, -0.15) is 0 Å². The lowest BCUT2D eigenvalue weighted by atomic mass is 9.81. The van der Waals surface area contributed by atoms with Crippen LogP contribution in [0.3, 0.4) is 0 Å². The summed E-state index contributed by atoms with van der Waals surface area (Å²) in [5, 5.41) is 0. The maximum absolute atomic E-state index is 2.39. The molecule has 0 N–H and O–H groups in total. The summed E-state index contributed by atoms with van der Waals surface area (Å²) >= 11 is 0. The summed E-state index contributed by atoms with van der Waals surface area (Å²) in [6.07, 6.45) is 4.47. The number of nitrogens with zero attached hydrogens (tertiary/aromatic N) is 2. The summed E-state index contributed by atoms with van der Waals surface area (Å²) in [5.41, 5.74) is 15.9. The van der Waals surface area contributed by atoms with Gasteiger partial charge in [-0.25, -0.2) is 0 Å². The summed E-state index contributed by atoms with van der Waals surface area (Å²) in [6, 6.07) is 63.6. The van der Waals surface area contributed by atoms with E-state index in [4.69, 9.17) is 0 Å². The number of benzene rings is 7. The highest BCUT2D eigenvalue weighted by molar-refractivity contribution is 5.87. The summed E-state index contributed by atoms with van der Waals surface area (Å²) in [4.78, 5) is 4.67. The van der Waals surface area contributed by atoms with Gasteiger partial charge in [0.2, 0.25) is 0 Å². The van der Waals surface area contributed by atoms with Gasteiger partial charge in [0.15, 0.2) is 0 Å². The van der Waals surface area contributed by atoms with Gasteiger partial charge in [-0.3, -0.25) is 0 Å². The molecule has 0 atom stereocenters. The molecule has 1 aliphatic rings. The Bertz CT molecular complexity index is 2330. The maximum Gasteiger partial charge on any atom is 0.0465 e. The minimum atomic E-state index is -0.142. The zero-order valence-corrected chi connectivity index (χ0v) is 31.3. The first-order chi connectivity index (χ1) is 25.7. The van der Waals surface area contributed by atoms with E-state index in [1.165, 1.54) is 44.6 Å². The molecule has 0 spiro atoms. The summed E-state index contributed by atoms with van der Waals surface area (Å²) in [7, 11) is 0. The molecular formula is C51H46N2. The molecule has 0 bridgehead atoms. The van der Waals surface area contributed by atoms with Gasteiger partial charge >= 0.3 is 0 Å². The molecule has 2 nitrogen and oxygen atoms in total. The van der Waals surface area contributed by atoms with Crippen LogP contribution >= 0.6 is 0 Å². The minimum absolute atomic E-state index is 0.110. The first-order valence-corrected chi connectivity index (χ1v) is 18.6. The van der Waals surface area contributed by atoms with Gasteiger partial charge in [0, 0.05) is 39.5 Å². The van der Waals surface area contributed by atoms with Gasteiger partial charge in [0.25, 0.3) is 0 Å². The van der Waals surface area contributed by atoms with Crippen molar-refractivity contribution in [1.29, 1.82) is 0 Å². The molecule has 7 aromatic carbocycles. The Morgan fingerprint density at radius 1 is 0.396 bits per heavy atom. The van der Waals surface area contributed by atoms with E-state index < -0.39 is 0 Å². The van der Waals surface area contributed by atoms with Gasteiger partial charge in [0.05, 0.1) is 0 Å². The second kappa shape index (κ2) is 13.8. The molecule has 0 saturated carbocycles. The molecule has 260 valence electrons. The zero-order chi connectivity index (χ0) is 36.6. The number of anilines is 6. The van der Waals surface area contributed by atoms with Crippen LogP contribution in [0.1, 0.15) is 62.4 Å².